The third-order valence-corrected chi connectivity index (χ3v) is 5.48. The molecule has 0 saturated carbocycles. The van der Waals surface area contributed by atoms with Crippen molar-refractivity contribution in [3.63, 3.8) is 0 Å². The highest BCUT2D eigenvalue weighted by Gasteiger charge is 2.27. The van der Waals surface area contributed by atoms with Crippen molar-refractivity contribution in [3.8, 4) is 0 Å². The first-order valence-electron chi connectivity index (χ1n) is 8.13. The smallest absolute Gasteiger partial charge is 0.335 e. The normalized spacial score (nSPS) is 12.9. The molecule has 0 spiro atoms. The molecule has 0 amide bonds. The molecule has 9 heteroatoms. The van der Waals surface area contributed by atoms with E-state index in [0.717, 1.165) is 10.9 Å². The summed E-state index contributed by atoms with van der Waals surface area (Å²) < 4.78 is 24.1. The van der Waals surface area contributed by atoms with Crippen molar-refractivity contribution in [2.75, 3.05) is 9.62 Å². The zero-order chi connectivity index (χ0) is 20.0. The summed E-state index contributed by atoms with van der Waals surface area (Å²) in [7, 11) is 0. The molecule has 6 nitrogen and oxygen atoms in total. The van der Waals surface area contributed by atoms with Gasteiger partial charge in [-0.2, -0.15) is 0 Å². The maximum atomic E-state index is 12.1. The number of hydrogen-bond donors (Lipinski definition) is 3. The van der Waals surface area contributed by atoms with E-state index in [0.29, 0.717) is 22.8 Å². The first kappa shape index (κ1) is 21.5. The predicted octanol–water partition coefficient (Wildman–Crippen LogP) is 4.70. The van der Waals surface area contributed by atoms with Gasteiger partial charge >= 0.3 is 5.97 Å². The molecule has 27 heavy (non-hydrogen) atoms. The fourth-order valence-electron chi connectivity index (χ4n) is 2.55. The highest BCUT2D eigenvalue weighted by molar-refractivity contribution is 9.10. The zero-order valence-corrected chi connectivity index (χ0v) is 17.7. The molecule has 0 aliphatic heterocycles. The lowest BCUT2D eigenvalue weighted by molar-refractivity contribution is 0.0697. The second-order valence-corrected chi connectivity index (χ2v) is 7.92. The van der Waals surface area contributed by atoms with Crippen molar-refractivity contribution >= 4 is 61.7 Å². The van der Waals surface area contributed by atoms with Crippen LogP contribution in [0.25, 0.3) is 0 Å². The van der Waals surface area contributed by atoms with Crippen LogP contribution in [0.15, 0.2) is 53.0 Å². The average Bonchev–Trinajstić information content (AvgIpc) is 2.62. The lowest BCUT2D eigenvalue weighted by atomic mass is 10.1. The van der Waals surface area contributed by atoms with E-state index in [9.17, 15) is 13.6 Å². The Kier molecular flexibility index (Phi) is 7.91. The fourth-order valence-corrected chi connectivity index (χ4v) is 3.95. The van der Waals surface area contributed by atoms with Gasteiger partial charge in [0.05, 0.1) is 17.3 Å². The highest BCUT2D eigenvalue weighted by atomic mass is 79.9. The first-order chi connectivity index (χ1) is 12.8. The van der Waals surface area contributed by atoms with Crippen LogP contribution in [-0.4, -0.2) is 30.9 Å². The number of rotatable bonds is 8. The number of aromatic carboxylic acids is 1. The number of carbonyl (C=O) groups is 1. The Balaban J connectivity index is 2.31. The number of thiocarbonyl (C=S) groups is 1. The predicted molar refractivity (Wildman–Crippen MR) is 116 cm³/mol. The van der Waals surface area contributed by atoms with Crippen LogP contribution in [0.3, 0.4) is 0 Å². The number of anilines is 2. The van der Waals surface area contributed by atoms with Gasteiger partial charge < -0.3 is 10.4 Å². The van der Waals surface area contributed by atoms with Gasteiger partial charge in [-0.3, -0.25) is 8.86 Å². The lowest BCUT2D eigenvalue weighted by Crippen LogP contribution is -2.44. The maximum Gasteiger partial charge on any atom is 0.335 e. The minimum Gasteiger partial charge on any atom is -0.478 e. The second kappa shape index (κ2) is 9.93. The van der Waals surface area contributed by atoms with Gasteiger partial charge in [-0.1, -0.05) is 47.6 Å². The maximum absolute atomic E-state index is 12.1. The molecule has 2 rings (SSSR count). The fraction of sp³-hybridized carbons (Fsp3) is 0.222. The summed E-state index contributed by atoms with van der Waals surface area (Å²) in [5.74, 6) is -1.04. The first-order valence-corrected chi connectivity index (χ1v) is 10.4. The molecule has 2 atom stereocenters. The van der Waals surface area contributed by atoms with Crippen LogP contribution in [0.2, 0.25) is 0 Å². The molecule has 144 valence electrons. The van der Waals surface area contributed by atoms with Crippen LogP contribution in [-0.2, 0) is 11.3 Å². The van der Waals surface area contributed by atoms with E-state index in [1.165, 1.54) is 16.4 Å². The van der Waals surface area contributed by atoms with Crippen LogP contribution in [0.1, 0.15) is 30.1 Å². The molecule has 0 aromatic heterocycles. The average molecular weight is 471 g/mol. The summed E-state index contributed by atoms with van der Waals surface area (Å²) in [5, 5.41) is 12.1. The van der Waals surface area contributed by atoms with E-state index in [2.05, 4.69) is 21.2 Å². The number of carboxylic acids is 1. The van der Waals surface area contributed by atoms with Gasteiger partial charge in [0.1, 0.15) is 4.99 Å². The highest BCUT2D eigenvalue weighted by Crippen LogP contribution is 2.25. The van der Waals surface area contributed by atoms with Crippen molar-refractivity contribution in [1.82, 2.24) is 0 Å². The molecule has 2 unspecified atom stereocenters. The Morgan fingerprint density at radius 1 is 1.30 bits per heavy atom. The van der Waals surface area contributed by atoms with Gasteiger partial charge in [0, 0.05) is 10.2 Å². The van der Waals surface area contributed by atoms with E-state index >= 15 is 0 Å². The molecule has 2 aromatic rings. The van der Waals surface area contributed by atoms with E-state index in [-0.39, 0.29) is 5.56 Å². The monoisotopic (exact) mass is 470 g/mol. The standard InChI is InChI=1S/C18H19BrN2O4S2/c1-2-4-16(21(27(24)25)15-9-7-13(19)8-10-15)17(26)20-14-6-3-5-12(11-14)18(22)23/h3,5-11,16H,2,4H2,1H3,(H,20,26)(H,22,23)(H,24,25). The summed E-state index contributed by atoms with van der Waals surface area (Å²) in [5.41, 5.74) is 1.20. The van der Waals surface area contributed by atoms with Crippen molar-refractivity contribution in [1.29, 1.82) is 0 Å². The quantitative estimate of drug-likeness (QED) is 0.382. The van der Waals surface area contributed by atoms with Crippen LogP contribution >= 0.6 is 28.1 Å². The molecular weight excluding hydrogens is 452 g/mol. The van der Waals surface area contributed by atoms with Gasteiger partial charge in [0.2, 0.25) is 0 Å². The van der Waals surface area contributed by atoms with E-state index in [1.807, 2.05) is 6.92 Å². The summed E-state index contributed by atoms with van der Waals surface area (Å²) in [6.07, 6.45) is 1.29. The molecule has 0 heterocycles. The van der Waals surface area contributed by atoms with Gasteiger partial charge in [-0.15, -0.1) is 0 Å². The zero-order valence-electron chi connectivity index (χ0n) is 14.5. The van der Waals surface area contributed by atoms with Gasteiger partial charge in [-0.25, -0.2) is 9.00 Å². The number of nitrogens with one attached hydrogen (secondary N) is 1. The van der Waals surface area contributed by atoms with E-state index in [4.69, 9.17) is 17.3 Å². The van der Waals surface area contributed by atoms with Gasteiger partial charge in [0.15, 0.2) is 0 Å². The SMILES string of the molecule is CCCC(C(=S)Nc1cccc(C(=O)O)c1)N(c1ccc(Br)cc1)S(=O)O. The summed E-state index contributed by atoms with van der Waals surface area (Å²) in [4.78, 5) is 11.5. The number of benzene rings is 2. The summed E-state index contributed by atoms with van der Waals surface area (Å²) in [6.45, 7) is 1.96. The molecule has 0 fully saturated rings. The van der Waals surface area contributed by atoms with Crippen molar-refractivity contribution in [2.24, 2.45) is 0 Å². The molecule has 0 aliphatic rings. The Hall–Kier alpha value is -1.81. The number of halogens is 1. The Morgan fingerprint density at radius 2 is 1.96 bits per heavy atom. The Morgan fingerprint density at radius 3 is 2.52 bits per heavy atom. The Bertz CT molecular complexity index is 846. The van der Waals surface area contributed by atoms with E-state index < -0.39 is 23.3 Å². The van der Waals surface area contributed by atoms with E-state index in [1.54, 1.807) is 36.4 Å². The minimum absolute atomic E-state index is 0.130. The van der Waals surface area contributed by atoms with Crippen LogP contribution in [0.4, 0.5) is 11.4 Å². The van der Waals surface area contributed by atoms with Crippen molar-refractivity contribution < 1.29 is 18.7 Å². The number of carboxylic acid groups (broad SMARTS) is 1. The Labute approximate surface area is 174 Å². The van der Waals surface area contributed by atoms with Crippen LogP contribution in [0.5, 0.6) is 0 Å². The third kappa shape index (κ3) is 5.83. The van der Waals surface area contributed by atoms with Gasteiger partial charge in [0.25, 0.3) is 11.3 Å². The molecule has 0 aliphatic carbocycles. The van der Waals surface area contributed by atoms with Crippen LogP contribution < -0.4 is 9.62 Å². The number of hydrogen-bond acceptors (Lipinski definition) is 3. The van der Waals surface area contributed by atoms with Crippen LogP contribution in [0, 0.1) is 0 Å². The summed E-state index contributed by atoms with van der Waals surface area (Å²) >= 11 is 6.56. The number of nitrogens with zero attached hydrogens (tertiary/aromatic N) is 1. The summed E-state index contributed by atoms with van der Waals surface area (Å²) in [6, 6.07) is 12.8. The lowest BCUT2D eigenvalue weighted by Gasteiger charge is -2.30. The van der Waals surface area contributed by atoms with Crippen molar-refractivity contribution in [3.05, 3.63) is 58.6 Å². The second-order valence-electron chi connectivity index (χ2n) is 5.71. The van der Waals surface area contributed by atoms with Gasteiger partial charge in [-0.05, 0) is 48.9 Å². The molecule has 0 radical (unpaired) electrons. The van der Waals surface area contributed by atoms with Crippen molar-refractivity contribution in [2.45, 2.75) is 25.8 Å². The molecular formula is C18H19BrN2O4S2. The largest absolute Gasteiger partial charge is 0.478 e. The molecule has 0 saturated heterocycles. The topological polar surface area (TPSA) is 89.9 Å². The molecule has 0 bridgehead atoms. The molecule has 3 N–H and O–H groups in total. The third-order valence-electron chi connectivity index (χ3n) is 3.77. The molecule has 2 aromatic carbocycles. The minimum atomic E-state index is -2.29.